The van der Waals surface area contributed by atoms with Gasteiger partial charge in [-0.3, -0.25) is 0 Å². The van der Waals surface area contributed by atoms with Gasteiger partial charge in [-0.15, -0.1) is 0 Å². The number of carboxylic acids is 1. The third-order valence-electron chi connectivity index (χ3n) is 2.48. The molecule has 0 aromatic carbocycles. The van der Waals surface area contributed by atoms with E-state index in [1.165, 1.54) is 25.3 Å². The summed E-state index contributed by atoms with van der Waals surface area (Å²) in [6.45, 7) is 2.93. The van der Waals surface area contributed by atoms with E-state index in [4.69, 9.17) is 5.11 Å². The molecule has 0 saturated heterocycles. The zero-order chi connectivity index (χ0) is 9.68. The fraction of sp³-hybridized carbons (Fsp3) is 0.700. The molecule has 0 aromatic rings. The predicted molar refractivity (Wildman–Crippen MR) is 51.6 cm³/mol. The molecule has 1 aliphatic carbocycles. The molecule has 1 rings (SSSR count). The highest BCUT2D eigenvalue weighted by Gasteiger charge is 2.19. The molecular formula is C10H17NO2. The average molecular weight is 183 g/mol. The van der Waals surface area contributed by atoms with Gasteiger partial charge in [-0.2, -0.15) is 0 Å². The van der Waals surface area contributed by atoms with E-state index in [0.29, 0.717) is 12.6 Å². The van der Waals surface area contributed by atoms with Gasteiger partial charge in [0, 0.05) is 18.7 Å². The molecule has 0 bridgehead atoms. The van der Waals surface area contributed by atoms with Gasteiger partial charge in [0.2, 0.25) is 0 Å². The Balaban J connectivity index is 2.09. The Labute approximate surface area is 78.8 Å². The van der Waals surface area contributed by atoms with Gasteiger partial charge in [-0.05, 0) is 25.2 Å². The van der Waals surface area contributed by atoms with E-state index in [1.807, 2.05) is 0 Å². The van der Waals surface area contributed by atoms with E-state index in [0.717, 1.165) is 5.92 Å². The maximum Gasteiger partial charge on any atom is 0.328 e. The lowest BCUT2D eigenvalue weighted by Gasteiger charge is -2.09. The van der Waals surface area contributed by atoms with Crippen LogP contribution in [0.4, 0.5) is 0 Å². The van der Waals surface area contributed by atoms with Gasteiger partial charge in [-0.25, -0.2) is 4.79 Å². The summed E-state index contributed by atoms with van der Waals surface area (Å²) in [5.74, 6) is -0.0532. The monoisotopic (exact) mass is 183 g/mol. The minimum Gasteiger partial charge on any atom is -0.478 e. The molecule has 1 saturated carbocycles. The molecule has 0 aromatic heterocycles. The minimum atomic E-state index is -0.874. The number of carboxylic acid groups (broad SMARTS) is 1. The van der Waals surface area contributed by atoms with Crippen molar-refractivity contribution >= 4 is 5.97 Å². The fourth-order valence-corrected chi connectivity index (χ4v) is 1.79. The van der Waals surface area contributed by atoms with Crippen LogP contribution in [-0.2, 0) is 4.79 Å². The highest BCUT2D eigenvalue weighted by Crippen LogP contribution is 2.24. The quantitative estimate of drug-likeness (QED) is 0.648. The standard InChI is InChI=1S/C10H17NO2/c1-8-4-5-9(7-8)11-6-2-3-10(12)13/h2-3,8-9,11H,4-7H2,1H3,(H,12,13)/b3-2+. The fourth-order valence-electron chi connectivity index (χ4n) is 1.79. The predicted octanol–water partition coefficient (Wildman–Crippen LogP) is 1.41. The highest BCUT2D eigenvalue weighted by molar-refractivity contribution is 5.79. The summed E-state index contributed by atoms with van der Waals surface area (Å²) in [6, 6.07) is 0.591. The summed E-state index contributed by atoms with van der Waals surface area (Å²) in [5, 5.41) is 11.7. The van der Waals surface area contributed by atoms with E-state index >= 15 is 0 Å². The van der Waals surface area contributed by atoms with Crippen LogP contribution in [0.5, 0.6) is 0 Å². The molecule has 3 heteroatoms. The van der Waals surface area contributed by atoms with Crippen molar-refractivity contribution in [1.29, 1.82) is 0 Å². The Morgan fingerprint density at radius 3 is 2.92 bits per heavy atom. The molecular weight excluding hydrogens is 166 g/mol. The second-order valence-corrected chi connectivity index (χ2v) is 3.76. The molecule has 0 radical (unpaired) electrons. The van der Waals surface area contributed by atoms with Crippen LogP contribution in [0.15, 0.2) is 12.2 Å². The van der Waals surface area contributed by atoms with Gasteiger partial charge < -0.3 is 10.4 Å². The van der Waals surface area contributed by atoms with Crippen molar-refractivity contribution in [2.75, 3.05) is 6.54 Å². The van der Waals surface area contributed by atoms with Crippen LogP contribution in [0.3, 0.4) is 0 Å². The average Bonchev–Trinajstić information content (AvgIpc) is 2.45. The summed E-state index contributed by atoms with van der Waals surface area (Å²) in [6.07, 6.45) is 6.58. The topological polar surface area (TPSA) is 49.3 Å². The van der Waals surface area contributed by atoms with Crippen molar-refractivity contribution in [3.05, 3.63) is 12.2 Å². The molecule has 0 heterocycles. The summed E-state index contributed by atoms with van der Waals surface area (Å²) >= 11 is 0. The lowest BCUT2D eigenvalue weighted by molar-refractivity contribution is -0.131. The first-order valence-corrected chi connectivity index (χ1v) is 4.81. The highest BCUT2D eigenvalue weighted by atomic mass is 16.4. The number of carbonyl (C=O) groups is 1. The Kier molecular flexibility index (Phi) is 3.96. The Morgan fingerprint density at radius 1 is 1.62 bits per heavy atom. The molecule has 74 valence electrons. The maximum atomic E-state index is 10.1. The van der Waals surface area contributed by atoms with E-state index in [-0.39, 0.29) is 0 Å². The van der Waals surface area contributed by atoms with E-state index in [2.05, 4.69) is 12.2 Å². The minimum absolute atomic E-state index is 0.591. The number of nitrogens with one attached hydrogen (secondary N) is 1. The Morgan fingerprint density at radius 2 is 2.38 bits per heavy atom. The van der Waals surface area contributed by atoms with Crippen LogP contribution in [0, 0.1) is 5.92 Å². The molecule has 2 atom stereocenters. The first-order valence-electron chi connectivity index (χ1n) is 4.81. The normalized spacial score (nSPS) is 28.4. The SMILES string of the molecule is CC1CCC(NC/C=C/C(=O)O)C1. The zero-order valence-corrected chi connectivity index (χ0v) is 7.99. The second-order valence-electron chi connectivity index (χ2n) is 3.76. The lowest BCUT2D eigenvalue weighted by atomic mass is 10.1. The molecule has 0 aliphatic heterocycles. The van der Waals surface area contributed by atoms with Crippen molar-refractivity contribution in [1.82, 2.24) is 5.32 Å². The molecule has 2 N–H and O–H groups in total. The van der Waals surface area contributed by atoms with Crippen LogP contribution in [0.25, 0.3) is 0 Å². The van der Waals surface area contributed by atoms with E-state index < -0.39 is 5.97 Å². The van der Waals surface area contributed by atoms with Crippen LogP contribution in [0.1, 0.15) is 26.2 Å². The van der Waals surface area contributed by atoms with Gasteiger partial charge >= 0.3 is 5.97 Å². The van der Waals surface area contributed by atoms with Gasteiger partial charge in [0.15, 0.2) is 0 Å². The molecule has 13 heavy (non-hydrogen) atoms. The van der Waals surface area contributed by atoms with Crippen LogP contribution < -0.4 is 5.32 Å². The second kappa shape index (κ2) is 5.02. The third-order valence-corrected chi connectivity index (χ3v) is 2.48. The summed E-state index contributed by atoms with van der Waals surface area (Å²) < 4.78 is 0. The van der Waals surface area contributed by atoms with Gasteiger partial charge in [0.05, 0.1) is 0 Å². The molecule has 3 nitrogen and oxygen atoms in total. The third kappa shape index (κ3) is 4.08. The van der Waals surface area contributed by atoms with Gasteiger partial charge in [-0.1, -0.05) is 13.0 Å². The van der Waals surface area contributed by atoms with Gasteiger partial charge in [0.1, 0.15) is 0 Å². The summed E-state index contributed by atoms with van der Waals surface area (Å²) in [5.41, 5.74) is 0. The van der Waals surface area contributed by atoms with Crippen LogP contribution in [0.2, 0.25) is 0 Å². The molecule has 1 aliphatic rings. The molecule has 2 unspecified atom stereocenters. The number of aliphatic carboxylic acids is 1. The van der Waals surface area contributed by atoms with Gasteiger partial charge in [0.25, 0.3) is 0 Å². The van der Waals surface area contributed by atoms with Crippen LogP contribution >= 0.6 is 0 Å². The Hall–Kier alpha value is -0.830. The van der Waals surface area contributed by atoms with E-state index in [9.17, 15) is 4.79 Å². The Bertz CT molecular complexity index is 201. The van der Waals surface area contributed by atoms with Crippen molar-refractivity contribution < 1.29 is 9.90 Å². The summed E-state index contributed by atoms with van der Waals surface area (Å²) in [7, 11) is 0. The number of hydrogen-bond acceptors (Lipinski definition) is 2. The molecule has 0 spiro atoms. The van der Waals surface area contributed by atoms with Crippen molar-refractivity contribution in [3.8, 4) is 0 Å². The lowest BCUT2D eigenvalue weighted by Crippen LogP contribution is -2.26. The number of rotatable bonds is 4. The van der Waals surface area contributed by atoms with Crippen LogP contribution in [-0.4, -0.2) is 23.7 Å². The maximum absolute atomic E-state index is 10.1. The first kappa shape index (κ1) is 10.3. The van der Waals surface area contributed by atoms with Crippen molar-refractivity contribution in [2.45, 2.75) is 32.2 Å². The first-order chi connectivity index (χ1) is 6.18. The summed E-state index contributed by atoms with van der Waals surface area (Å²) in [4.78, 5) is 10.1. The smallest absolute Gasteiger partial charge is 0.328 e. The number of hydrogen-bond donors (Lipinski definition) is 2. The molecule has 1 fully saturated rings. The van der Waals surface area contributed by atoms with Crippen molar-refractivity contribution in [2.24, 2.45) is 5.92 Å². The van der Waals surface area contributed by atoms with E-state index in [1.54, 1.807) is 6.08 Å². The zero-order valence-electron chi connectivity index (χ0n) is 7.99. The largest absolute Gasteiger partial charge is 0.478 e. The molecule has 0 amide bonds. The van der Waals surface area contributed by atoms with Crippen molar-refractivity contribution in [3.63, 3.8) is 0 Å².